The van der Waals surface area contributed by atoms with Crippen LogP contribution in [0.15, 0.2) is 48.5 Å². The standard InChI is InChI=1S/C20H26N2O3S.ClH/c1-24-13-11-15-3-7-17(8-4-15)25-18-9-5-16(6-10-18)22-20(23)19(21)12-14-26-2;/h3-10,19H,11-14,21H2,1-2H3,(H,22,23);1H/t19-;/m0./s1. The van der Waals surface area contributed by atoms with E-state index in [1.807, 2.05) is 54.8 Å². The van der Waals surface area contributed by atoms with E-state index in [4.69, 9.17) is 15.2 Å². The summed E-state index contributed by atoms with van der Waals surface area (Å²) in [5, 5.41) is 2.83. The van der Waals surface area contributed by atoms with Gasteiger partial charge in [0.15, 0.2) is 0 Å². The topological polar surface area (TPSA) is 73.6 Å². The molecular formula is C20H27ClN2O3S. The Bertz CT molecular complexity index is 681. The van der Waals surface area contributed by atoms with Crippen molar-refractivity contribution in [1.29, 1.82) is 0 Å². The number of methoxy groups -OCH3 is 1. The highest BCUT2D eigenvalue weighted by Crippen LogP contribution is 2.23. The summed E-state index contributed by atoms with van der Waals surface area (Å²) in [5.74, 6) is 2.17. The Morgan fingerprint density at radius 1 is 1.11 bits per heavy atom. The van der Waals surface area contributed by atoms with E-state index in [0.717, 1.165) is 17.9 Å². The van der Waals surface area contributed by atoms with Gasteiger partial charge in [-0.1, -0.05) is 12.1 Å². The number of nitrogens with one attached hydrogen (secondary N) is 1. The molecule has 27 heavy (non-hydrogen) atoms. The number of halogens is 1. The van der Waals surface area contributed by atoms with E-state index in [9.17, 15) is 4.79 Å². The highest BCUT2D eigenvalue weighted by molar-refractivity contribution is 7.98. The number of rotatable bonds is 10. The number of thioether (sulfide) groups is 1. The predicted octanol–water partition coefficient (Wildman–Crippen LogP) is 4.11. The van der Waals surface area contributed by atoms with Gasteiger partial charge in [-0.15, -0.1) is 12.4 Å². The summed E-state index contributed by atoms with van der Waals surface area (Å²) in [6, 6.07) is 14.7. The van der Waals surface area contributed by atoms with E-state index in [2.05, 4.69) is 5.32 Å². The smallest absolute Gasteiger partial charge is 0.241 e. The first-order valence-electron chi connectivity index (χ1n) is 8.53. The third kappa shape index (κ3) is 8.22. The van der Waals surface area contributed by atoms with Gasteiger partial charge in [0, 0.05) is 12.8 Å². The summed E-state index contributed by atoms with van der Waals surface area (Å²) in [6.45, 7) is 0.703. The summed E-state index contributed by atoms with van der Waals surface area (Å²) >= 11 is 1.68. The normalized spacial score (nSPS) is 11.4. The lowest BCUT2D eigenvalue weighted by Gasteiger charge is -2.12. The van der Waals surface area contributed by atoms with Gasteiger partial charge in [-0.05, 0) is 66.8 Å². The largest absolute Gasteiger partial charge is 0.457 e. The van der Waals surface area contributed by atoms with Gasteiger partial charge >= 0.3 is 0 Å². The summed E-state index contributed by atoms with van der Waals surface area (Å²) in [5.41, 5.74) is 7.78. The number of ether oxygens (including phenoxy) is 2. The number of benzene rings is 2. The zero-order chi connectivity index (χ0) is 18.8. The second kappa shape index (κ2) is 12.6. The first-order chi connectivity index (χ1) is 12.6. The third-order valence-corrected chi connectivity index (χ3v) is 4.49. The molecule has 0 spiro atoms. The Kier molecular flexibility index (Phi) is 10.9. The number of hydrogen-bond acceptors (Lipinski definition) is 5. The van der Waals surface area contributed by atoms with E-state index in [1.54, 1.807) is 18.9 Å². The minimum Gasteiger partial charge on any atom is -0.457 e. The van der Waals surface area contributed by atoms with Gasteiger partial charge in [-0.2, -0.15) is 11.8 Å². The van der Waals surface area contributed by atoms with Crippen LogP contribution in [0, 0.1) is 0 Å². The number of hydrogen-bond donors (Lipinski definition) is 2. The van der Waals surface area contributed by atoms with Crippen LogP contribution in [0.1, 0.15) is 12.0 Å². The maximum Gasteiger partial charge on any atom is 0.241 e. The lowest BCUT2D eigenvalue weighted by molar-refractivity contribution is -0.117. The molecule has 0 unspecified atom stereocenters. The first kappa shape index (κ1) is 23.3. The van der Waals surface area contributed by atoms with Crippen LogP contribution in [-0.4, -0.2) is 37.7 Å². The molecule has 0 aliphatic rings. The zero-order valence-corrected chi connectivity index (χ0v) is 17.3. The number of carbonyl (C=O) groups excluding carboxylic acids is 1. The average Bonchev–Trinajstić information content (AvgIpc) is 2.67. The van der Waals surface area contributed by atoms with Crippen LogP contribution in [-0.2, 0) is 16.0 Å². The van der Waals surface area contributed by atoms with Crippen molar-refractivity contribution < 1.29 is 14.3 Å². The molecule has 2 aromatic carbocycles. The van der Waals surface area contributed by atoms with Gasteiger partial charge in [0.05, 0.1) is 12.6 Å². The molecule has 0 bridgehead atoms. The minimum absolute atomic E-state index is 0. The fourth-order valence-corrected chi connectivity index (χ4v) is 2.79. The number of amides is 1. The van der Waals surface area contributed by atoms with Gasteiger partial charge in [0.2, 0.25) is 5.91 Å². The summed E-state index contributed by atoms with van der Waals surface area (Å²) < 4.78 is 10.9. The Balaban J connectivity index is 0.00000364. The summed E-state index contributed by atoms with van der Waals surface area (Å²) in [4.78, 5) is 12.0. The molecule has 0 aliphatic carbocycles. The van der Waals surface area contributed by atoms with Crippen LogP contribution in [0.5, 0.6) is 11.5 Å². The van der Waals surface area contributed by atoms with Crippen LogP contribution >= 0.6 is 24.2 Å². The predicted molar refractivity (Wildman–Crippen MR) is 115 cm³/mol. The van der Waals surface area contributed by atoms with Crippen molar-refractivity contribution in [2.24, 2.45) is 5.73 Å². The molecule has 0 fully saturated rings. The highest BCUT2D eigenvalue weighted by Gasteiger charge is 2.12. The van der Waals surface area contributed by atoms with Crippen LogP contribution < -0.4 is 15.8 Å². The van der Waals surface area contributed by atoms with Gasteiger partial charge < -0.3 is 20.5 Å². The number of carbonyl (C=O) groups is 1. The fourth-order valence-electron chi connectivity index (χ4n) is 2.30. The molecule has 3 N–H and O–H groups in total. The third-order valence-electron chi connectivity index (χ3n) is 3.85. The lowest BCUT2D eigenvalue weighted by atomic mass is 10.1. The van der Waals surface area contributed by atoms with Crippen molar-refractivity contribution in [2.75, 3.05) is 31.0 Å². The molecule has 0 radical (unpaired) electrons. The fraction of sp³-hybridized carbons (Fsp3) is 0.350. The summed E-state index contributed by atoms with van der Waals surface area (Å²) in [7, 11) is 1.70. The van der Waals surface area contributed by atoms with Crippen molar-refractivity contribution in [2.45, 2.75) is 18.9 Å². The quantitative estimate of drug-likeness (QED) is 0.616. The Labute approximate surface area is 171 Å². The molecule has 0 aromatic heterocycles. The van der Waals surface area contributed by atoms with Crippen molar-refractivity contribution in [3.63, 3.8) is 0 Å². The molecule has 7 heteroatoms. The monoisotopic (exact) mass is 410 g/mol. The number of nitrogens with two attached hydrogens (primary N) is 1. The Morgan fingerprint density at radius 3 is 2.26 bits per heavy atom. The molecular weight excluding hydrogens is 384 g/mol. The minimum atomic E-state index is -0.491. The molecule has 0 saturated heterocycles. The van der Waals surface area contributed by atoms with E-state index in [1.165, 1.54) is 5.56 Å². The molecule has 1 amide bonds. The van der Waals surface area contributed by atoms with E-state index >= 15 is 0 Å². The molecule has 5 nitrogen and oxygen atoms in total. The van der Waals surface area contributed by atoms with Crippen LogP contribution in [0.3, 0.4) is 0 Å². The maximum absolute atomic E-state index is 12.0. The first-order valence-corrected chi connectivity index (χ1v) is 9.93. The molecule has 2 aromatic rings. The number of anilines is 1. The molecule has 1 atom stereocenters. The van der Waals surface area contributed by atoms with Crippen LogP contribution in [0.2, 0.25) is 0 Å². The SMILES string of the molecule is COCCc1ccc(Oc2ccc(NC(=O)[C@@H](N)CCSC)cc2)cc1.Cl. The summed E-state index contributed by atoms with van der Waals surface area (Å²) in [6.07, 6.45) is 3.54. The molecule has 0 heterocycles. The van der Waals surface area contributed by atoms with E-state index in [0.29, 0.717) is 24.5 Å². The van der Waals surface area contributed by atoms with Gasteiger partial charge in [-0.3, -0.25) is 4.79 Å². The Morgan fingerprint density at radius 2 is 1.70 bits per heavy atom. The second-order valence-corrected chi connectivity index (χ2v) is 6.88. The molecule has 2 rings (SSSR count). The molecule has 0 saturated carbocycles. The van der Waals surface area contributed by atoms with Gasteiger partial charge in [0.25, 0.3) is 0 Å². The van der Waals surface area contributed by atoms with Crippen LogP contribution in [0.25, 0.3) is 0 Å². The second-order valence-electron chi connectivity index (χ2n) is 5.89. The highest BCUT2D eigenvalue weighted by atomic mass is 35.5. The van der Waals surface area contributed by atoms with Crippen molar-refractivity contribution >= 4 is 35.8 Å². The van der Waals surface area contributed by atoms with E-state index in [-0.39, 0.29) is 18.3 Å². The Hall–Kier alpha value is -1.73. The maximum atomic E-state index is 12.0. The lowest BCUT2D eigenvalue weighted by Crippen LogP contribution is -2.36. The van der Waals surface area contributed by atoms with Gasteiger partial charge in [0.1, 0.15) is 11.5 Å². The van der Waals surface area contributed by atoms with E-state index < -0.39 is 6.04 Å². The van der Waals surface area contributed by atoms with Crippen molar-refractivity contribution in [3.05, 3.63) is 54.1 Å². The average molecular weight is 411 g/mol. The van der Waals surface area contributed by atoms with Gasteiger partial charge in [-0.25, -0.2) is 0 Å². The van der Waals surface area contributed by atoms with Crippen molar-refractivity contribution in [1.82, 2.24) is 0 Å². The zero-order valence-electron chi connectivity index (χ0n) is 15.6. The van der Waals surface area contributed by atoms with Crippen LogP contribution in [0.4, 0.5) is 5.69 Å². The van der Waals surface area contributed by atoms with Crippen molar-refractivity contribution in [3.8, 4) is 11.5 Å². The molecule has 148 valence electrons. The molecule has 0 aliphatic heterocycles.